The van der Waals surface area contributed by atoms with Crippen LogP contribution < -0.4 is 16.0 Å². The number of nitrogens with one attached hydrogen (secondary N) is 3. The molecule has 2 unspecified atom stereocenters. The monoisotopic (exact) mass is 567 g/mol. The highest BCUT2D eigenvalue weighted by atomic mass is 127. The van der Waals surface area contributed by atoms with Crippen molar-refractivity contribution in [2.75, 3.05) is 44.2 Å². The maximum Gasteiger partial charge on any atom is 0.222 e. The first-order valence-electron chi connectivity index (χ1n) is 10.8. The zero-order valence-electron chi connectivity index (χ0n) is 18.0. The maximum absolute atomic E-state index is 12.1. The molecular formula is C20H34IN5O4S. The Labute approximate surface area is 201 Å². The molecule has 2 atom stereocenters. The van der Waals surface area contributed by atoms with Crippen LogP contribution in [0.2, 0.25) is 0 Å². The molecule has 9 nitrogen and oxygen atoms in total. The molecule has 3 heterocycles. The van der Waals surface area contributed by atoms with Gasteiger partial charge in [-0.1, -0.05) is 0 Å². The molecule has 176 valence electrons. The molecule has 0 aromatic carbocycles. The molecular weight excluding hydrogens is 533 g/mol. The Morgan fingerprint density at radius 3 is 2.71 bits per heavy atom. The number of aliphatic imine (C=N–C) groups is 1. The molecule has 0 bridgehead atoms. The highest BCUT2D eigenvalue weighted by Gasteiger charge is 2.29. The summed E-state index contributed by atoms with van der Waals surface area (Å²) < 4.78 is 28.7. The number of carbonyl (C=O) groups is 1. The van der Waals surface area contributed by atoms with Crippen molar-refractivity contribution in [1.82, 2.24) is 20.9 Å². The first-order chi connectivity index (χ1) is 14.5. The lowest BCUT2D eigenvalue weighted by molar-refractivity contribution is -0.121. The number of furan rings is 1. The smallest absolute Gasteiger partial charge is 0.222 e. The Morgan fingerprint density at radius 1 is 1.32 bits per heavy atom. The van der Waals surface area contributed by atoms with Gasteiger partial charge in [0.15, 0.2) is 15.8 Å². The second-order valence-corrected chi connectivity index (χ2v) is 10.1. The minimum Gasteiger partial charge on any atom is -0.468 e. The van der Waals surface area contributed by atoms with E-state index < -0.39 is 9.84 Å². The molecule has 2 fully saturated rings. The number of hydrogen-bond donors (Lipinski definition) is 3. The molecule has 11 heteroatoms. The summed E-state index contributed by atoms with van der Waals surface area (Å²) in [6.07, 6.45) is 4.83. The molecule has 1 aromatic heterocycles. The van der Waals surface area contributed by atoms with Gasteiger partial charge in [-0.3, -0.25) is 14.7 Å². The molecule has 1 aromatic rings. The van der Waals surface area contributed by atoms with Crippen molar-refractivity contribution >= 4 is 45.7 Å². The van der Waals surface area contributed by atoms with Gasteiger partial charge in [0.1, 0.15) is 5.76 Å². The lowest BCUT2D eigenvalue weighted by Crippen LogP contribution is -2.41. The van der Waals surface area contributed by atoms with Crippen LogP contribution in [0.15, 0.2) is 27.8 Å². The number of nitrogens with zero attached hydrogens (tertiary/aromatic N) is 2. The van der Waals surface area contributed by atoms with Gasteiger partial charge < -0.3 is 20.4 Å². The Kier molecular flexibility index (Phi) is 10.6. The van der Waals surface area contributed by atoms with Crippen LogP contribution in [0.4, 0.5) is 0 Å². The van der Waals surface area contributed by atoms with E-state index in [4.69, 9.17) is 9.41 Å². The Bertz CT molecular complexity index is 810. The van der Waals surface area contributed by atoms with E-state index in [0.717, 1.165) is 18.8 Å². The summed E-state index contributed by atoms with van der Waals surface area (Å²) in [4.78, 5) is 19.2. The van der Waals surface area contributed by atoms with Crippen molar-refractivity contribution in [3.05, 3.63) is 24.2 Å². The average molecular weight is 567 g/mol. The zero-order chi connectivity index (χ0) is 21.4. The van der Waals surface area contributed by atoms with Crippen LogP contribution in [-0.2, 0) is 14.6 Å². The second kappa shape index (κ2) is 12.6. The maximum atomic E-state index is 12.1. The van der Waals surface area contributed by atoms with Crippen LogP contribution in [0, 0.1) is 0 Å². The van der Waals surface area contributed by atoms with Crippen LogP contribution >= 0.6 is 24.0 Å². The summed E-state index contributed by atoms with van der Waals surface area (Å²) in [5, 5.41) is 9.21. The molecule has 0 saturated carbocycles. The SMILES string of the molecule is CCNC(=NCC(c1ccco1)N1CCCC1)NCCC(=O)NC1CCS(=O)(=O)C1.I. The normalized spacial score (nSPS) is 22.0. The van der Waals surface area contributed by atoms with E-state index in [-0.39, 0.29) is 59.9 Å². The van der Waals surface area contributed by atoms with Crippen LogP contribution in [0.5, 0.6) is 0 Å². The fraction of sp³-hybridized carbons (Fsp3) is 0.700. The predicted octanol–water partition coefficient (Wildman–Crippen LogP) is 1.28. The Hall–Kier alpha value is -1.34. The number of guanidine groups is 1. The van der Waals surface area contributed by atoms with Crippen LogP contribution in [0.3, 0.4) is 0 Å². The van der Waals surface area contributed by atoms with E-state index >= 15 is 0 Å². The molecule has 31 heavy (non-hydrogen) atoms. The van der Waals surface area contributed by atoms with Crippen molar-refractivity contribution in [1.29, 1.82) is 0 Å². The number of sulfone groups is 1. The van der Waals surface area contributed by atoms with Gasteiger partial charge in [0.05, 0.1) is 30.4 Å². The Balaban J connectivity index is 0.00000341. The van der Waals surface area contributed by atoms with Gasteiger partial charge >= 0.3 is 0 Å². The first kappa shape index (κ1) is 25.9. The predicted molar refractivity (Wildman–Crippen MR) is 131 cm³/mol. The summed E-state index contributed by atoms with van der Waals surface area (Å²) in [6.45, 7) is 5.78. The molecule has 0 radical (unpaired) electrons. The van der Waals surface area contributed by atoms with Crippen molar-refractivity contribution < 1.29 is 17.6 Å². The van der Waals surface area contributed by atoms with Gasteiger partial charge in [-0.15, -0.1) is 24.0 Å². The number of likely N-dealkylation sites (tertiary alicyclic amines) is 1. The molecule has 0 aliphatic carbocycles. The lowest BCUT2D eigenvalue weighted by Gasteiger charge is -2.24. The van der Waals surface area contributed by atoms with E-state index in [1.54, 1.807) is 6.26 Å². The van der Waals surface area contributed by atoms with E-state index in [1.807, 2.05) is 19.1 Å². The van der Waals surface area contributed by atoms with Crippen LogP contribution in [0.25, 0.3) is 0 Å². The van der Waals surface area contributed by atoms with Gasteiger partial charge in [0.25, 0.3) is 0 Å². The van der Waals surface area contributed by atoms with Crippen molar-refractivity contribution in [3.8, 4) is 0 Å². The number of halogens is 1. The number of rotatable bonds is 9. The number of hydrogen-bond acceptors (Lipinski definition) is 6. The summed E-state index contributed by atoms with van der Waals surface area (Å²) in [6, 6.07) is 3.73. The van der Waals surface area contributed by atoms with Crippen LogP contribution in [-0.4, -0.2) is 75.5 Å². The average Bonchev–Trinajstić information content (AvgIpc) is 3.45. The Morgan fingerprint density at radius 2 is 2.10 bits per heavy atom. The second-order valence-electron chi connectivity index (χ2n) is 7.84. The standard InChI is InChI=1S/C20H33N5O4S.HI/c1-2-21-20(22-9-7-19(26)24-16-8-13-30(27,28)15-16)23-14-17(18-6-5-12-29-18)25-10-3-4-11-25;/h5-6,12,16-17H,2-4,7-11,13-15H2,1H3,(H,24,26)(H2,21,22,23);1H. The third-order valence-corrected chi connectivity index (χ3v) is 7.23. The lowest BCUT2D eigenvalue weighted by atomic mass is 10.2. The van der Waals surface area contributed by atoms with Gasteiger partial charge in [0.2, 0.25) is 5.91 Å². The molecule has 0 spiro atoms. The van der Waals surface area contributed by atoms with E-state index in [0.29, 0.717) is 32.0 Å². The van der Waals surface area contributed by atoms with Gasteiger partial charge in [-0.2, -0.15) is 0 Å². The van der Waals surface area contributed by atoms with Gasteiger partial charge in [-0.25, -0.2) is 8.42 Å². The third kappa shape index (κ3) is 8.26. The van der Waals surface area contributed by atoms with Gasteiger partial charge in [-0.05, 0) is 51.4 Å². The first-order valence-corrected chi connectivity index (χ1v) is 12.6. The number of carbonyl (C=O) groups excluding carboxylic acids is 1. The highest BCUT2D eigenvalue weighted by Crippen LogP contribution is 2.25. The summed E-state index contributed by atoms with van der Waals surface area (Å²) in [5.74, 6) is 1.63. The third-order valence-electron chi connectivity index (χ3n) is 5.46. The topological polar surface area (TPSA) is 116 Å². The van der Waals surface area contributed by atoms with Crippen LogP contribution in [0.1, 0.15) is 44.4 Å². The molecule has 3 rings (SSSR count). The van der Waals surface area contributed by atoms with Gasteiger partial charge in [0, 0.05) is 25.6 Å². The zero-order valence-corrected chi connectivity index (χ0v) is 21.2. The molecule has 3 N–H and O–H groups in total. The minimum atomic E-state index is -2.99. The number of amides is 1. The summed E-state index contributed by atoms with van der Waals surface area (Å²) in [7, 11) is -2.99. The summed E-state index contributed by atoms with van der Waals surface area (Å²) in [5.41, 5.74) is 0. The highest BCUT2D eigenvalue weighted by molar-refractivity contribution is 14.0. The van der Waals surface area contributed by atoms with Crippen molar-refractivity contribution in [3.63, 3.8) is 0 Å². The van der Waals surface area contributed by atoms with Crippen molar-refractivity contribution in [2.45, 2.75) is 44.7 Å². The molecule has 2 saturated heterocycles. The summed E-state index contributed by atoms with van der Waals surface area (Å²) >= 11 is 0. The fourth-order valence-electron chi connectivity index (χ4n) is 3.94. The molecule has 2 aliphatic rings. The minimum absolute atomic E-state index is 0. The molecule has 2 aliphatic heterocycles. The molecule has 1 amide bonds. The van der Waals surface area contributed by atoms with E-state index in [1.165, 1.54) is 12.8 Å². The van der Waals surface area contributed by atoms with Crippen molar-refractivity contribution in [2.24, 2.45) is 4.99 Å². The fourth-order valence-corrected chi connectivity index (χ4v) is 5.62. The quantitative estimate of drug-likeness (QED) is 0.234. The largest absolute Gasteiger partial charge is 0.468 e. The van der Waals surface area contributed by atoms with E-state index in [2.05, 4.69) is 20.9 Å². The van der Waals surface area contributed by atoms with E-state index in [9.17, 15) is 13.2 Å².